The van der Waals surface area contributed by atoms with E-state index < -0.39 is 52.7 Å². The van der Waals surface area contributed by atoms with Crippen molar-refractivity contribution >= 4 is 28.6 Å². The summed E-state index contributed by atoms with van der Waals surface area (Å²) in [7, 11) is 0. The van der Waals surface area contributed by atoms with E-state index in [0.29, 0.717) is 0 Å². The van der Waals surface area contributed by atoms with Crippen LogP contribution in [0.1, 0.15) is 27.6 Å². The molecule has 3 aromatic carbocycles. The number of aromatic hydroxyl groups is 8. The lowest BCUT2D eigenvalue weighted by Crippen LogP contribution is -2.34. The number of fused-ring (bicyclic) bond motifs is 1. The second-order valence-electron chi connectivity index (χ2n) is 7.40. The van der Waals surface area contributed by atoms with Gasteiger partial charge in [0.05, 0.1) is 5.56 Å². The highest BCUT2D eigenvalue weighted by Crippen LogP contribution is 2.46. The zero-order valence-corrected chi connectivity index (χ0v) is 20.2. The molecule has 0 spiro atoms. The molecule has 186 valence electrons. The second-order valence-corrected chi connectivity index (χ2v) is 7.40. The Bertz CT molecular complexity index is 1230. The summed E-state index contributed by atoms with van der Waals surface area (Å²) in [5.74, 6) is -6.06. The van der Waals surface area contributed by atoms with Crippen LogP contribution in [-0.4, -0.2) is 57.9 Å². The molecule has 0 saturated heterocycles. The third-order valence-corrected chi connectivity index (χ3v) is 5.15. The number of hydrogen-bond acceptors (Lipinski definition) is 11. The quantitative estimate of drug-likeness (QED) is 0.0951. The van der Waals surface area contributed by atoms with E-state index in [4.69, 9.17) is 9.47 Å². The van der Waals surface area contributed by atoms with Gasteiger partial charge in [-0.1, -0.05) is 22.6 Å². The highest BCUT2D eigenvalue weighted by Gasteiger charge is 2.37. The number of phenolic OH excluding ortho intramolecular Hbond substituents is 8. The molecule has 3 aromatic rings. The maximum atomic E-state index is 12.7. The molecule has 0 fully saturated rings. The number of phenols is 8. The van der Waals surface area contributed by atoms with Crippen molar-refractivity contribution in [2.45, 2.75) is 18.6 Å². The van der Waals surface area contributed by atoms with Crippen LogP contribution in [0.4, 0.5) is 0 Å². The van der Waals surface area contributed by atoms with Gasteiger partial charge in [0.1, 0.15) is 23.4 Å². The van der Waals surface area contributed by atoms with E-state index in [1.54, 1.807) is 0 Å². The van der Waals surface area contributed by atoms with Gasteiger partial charge in [-0.2, -0.15) is 0 Å². The fourth-order valence-electron chi connectivity index (χ4n) is 3.55. The molecule has 1 aliphatic heterocycles. The van der Waals surface area contributed by atoms with E-state index in [9.17, 15) is 45.6 Å². The molecule has 8 N–H and O–H groups in total. The Morgan fingerprint density at radius 2 is 1.31 bits per heavy atom. The third kappa shape index (κ3) is 5.11. The third-order valence-electron chi connectivity index (χ3n) is 5.15. The molecule has 35 heavy (non-hydrogen) atoms. The van der Waals surface area contributed by atoms with Gasteiger partial charge in [0.2, 0.25) is 0 Å². The van der Waals surface area contributed by atoms with Gasteiger partial charge in [0.15, 0.2) is 40.6 Å². The average Bonchev–Trinajstić information content (AvgIpc) is 2.81. The number of rotatable bonds is 3. The summed E-state index contributed by atoms with van der Waals surface area (Å²) < 4.78 is 11.3. The lowest BCUT2D eigenvalue weighted by Gasteiger charge is -2.34. The second kappa shape index (κ2) is 10.1. The van der Waals surface area contributed by atoms with E-state index in [1.165, 1.54) is 6.07 Å². The fraction of sp³-hybridized carbons (Fsp3) is 0.174. The number of halogens is 1. The van der Waals surface area contributed by atoms with Gasteiger partial charge >= 0.3 is 5.97 Å². The Morgan fingerprint density at radius 1 is 0.800 bits per heavy atom. The van der Waals surface area contributed by atoms with Crippen molar-refractivity contribution < 1.29 is 55.1 Å². The molecular formula is C23H21IO11. The van der Waals surface area contributed by atoms with Crippen molar-refractivity contribution in [2.75, 3.05) is 4.93 Å². The van der Waals surface area contributed by atoms with E-state index in [1.807, 2.05) is 4.93 Å². The number of hydrogen-bond donors (Lipinski definition) is 8. The van der Waals surface area contributed by atoms with Gasteiger partial charge in [-0.25, -0.2) is 4.79 Å². The summed E-state index contributed by atoms with van der Waals surface area (Å²) in [6, 6.07) is 6.18. The summed E-state index contributed by atoms with van der Waals surface area (Å²) in [5.41, 5.74) is -0.0189. The minimum atomic E-state index is -1.18. The summed E-state index contributed by atoms with van der Waals surface area (Å²) in [6.45, 7) is 0. The molecule has 0 amide bonds. The van der Waals surface area contributed by atoms with Crippen LogP contribution in [0.2, 0.25) is 0 Å². The molecule has 1 heterocycles. The van der Waals surface area contributed by atoms with Crippen LogP contribution in [0.5, 0.6) is 51.7 Å². The molecule has 11 nitrogen and oxygen atoms in total. The van der Waals surface area contributed by atoms with E-state index in [2.05, 4.69) is 22.6 Å². The van der Waals surface area contributed by atoms with Gasteiger partial charge < -0.3 is 50.3 Å². The van der Waals surface area contributed by atoms with Gasteiger partial charge in [0, 0.05) is 29.7 Å². The summed E-state index contributed by atoms with van der Waals surface area (Å²) in [5, 5.41) is 78.2. The van der Waals surface area contributed by atoms with Crippen LogP contribution in [0, 0.1) is 0 Å². The SMILES string of the molecule is CI.O=C(O[C@@H]1Cc2c(O)cc(O)cc2O[C@@H]1c1cc(O)c(O)c(O)c1)c1cc(O)c(O)c(O)c1. The first-order chi connectivity index (χ1) is 16.5. The molecule has 4 rings (SSSR count). The van der Waals surface area contributed by atoms with Crippen LogP contribution >= 0.6 is 22.6 Å². The first kappa shape index (κ1) is 25.7. The first-order valence-corrected chi connectivity index (χ1v) is 12.0. The molecule has 0 aromatic heterocycles. The topological polar surface area (TPSA) is 197 Å². The normalized spacial score (nSPS) is 16.3. The lowest BCUT2D eigenvalue weighted by atomic mass is 9.93. The van der Waals surface area contributed by atoms with Crippen molar-refractivity contribution in [3.63, 3.8) is 0 Å². The largest absolute Gasteiger partial charge is 0.508 e. The van der Waals surface area contributed by atoms with Crippen molar-refractivity contribution in [3.8, 4) is 51.7 Å². The fourth-order valence-corrected chi connectivity index (χ4v) is 3.55. The number of ether oxygens (including phenoxy) is 2. The lowest BCUT2D eigenvalue weighted by molar-refractivity contribution is -0.0189. The molecule has 0 unspecified atom stereocenters. The van der Waals surface area contributed by atoms with Gasteiger partial charge in [-0.3, -0.25) is 0 Å². The van der Waals surface area contributed by atoms with Gasteiger partial charge in [0.25, 0.3) is 0 Å². The molecule has 0 radical (unpaired) electrons. The Labute approximate surface area is 211 Å². The monoisotopic (exact) mass is 600 g/mol. The Morgan fingerprint density at radius 3 is 1.86 bits per heavy atom. The van der Waals surface area contributed by atoms with Crippen molar-refractivity contribution in [3.05, 3.63) is 53.1 Å². The summed E-state index contributed by atoms with van der Waals surface area (Å²) >= 11 is 2.15. The molecular weight excluding hydrogens is 579 g/mol. The predicted octanol–water partition coefficient (Wildman–Crippen LogP) is 3.28. The van der Waals surface area contributed by atoms with E-state index in [-0.39, 0.29) is 40.4 Å². The zero-order chi connectivity index (χ0) is 26.0. The maximum Gasteiger partial charge on any atom is 0.338 e. The number of benzene rings is 3. The van der Waals surface area contributed by atoms with Gasteiger partial charge in [-0.15, -0.1) is 0 Å². The smallest absolute Gasteiger partial charge is 0.338 e. The molecule has 1 aliphatic rings. The highest BCUT2D eigenvalue weighted by molar-refractivity contribution is 14.1. The molecule has 2 atom stereocenters. The number of carbonyl (C=O) groups excluding carboxylic acids is 1. The highest BCUT2D eigenvalue weighted by atomic mass is 127. The van der Waals surface area contributed by atoms with Crippen LogP contribution in [0.3, 0.4) is 0 Å². The maximum absolute atomic E-state index is 12.7. The first-order valence-electron chi connectivity index (χ1n) is 9.85. The number of esters is 1. The number of carbonyl (C=O) groups is 1. The van der Waals surface area contributed by atoms with Crippen molar-refractivity contribution in [2.24, 2.45) is 0 Å². The molecule has 12 heteroatoms. The zero-order valence-electron chi connectivity index (χ0n) is 18.0. The minimum Gasteiger partial charge on any atom is -0.508 e. The molecule has 0 saturated carbocycles. The summed E-state index contributed by atoms with van der Waals surface area (Å²) in [4.78, 5) is 14.7. The number of alkyl halides is 1. The Balaban J connectivity index is 0.00000167. The van der Waals surface area contributed by atoms with Crippen molar-refractivity contribution in [1.29, 1.82) is 0 Å². The Hall–Kier alpha value is -3.94. The van der Waals surface area contributed by atoms with Crippen LogP contribution in [-0.2, 0) is 11.2 Å². The average molecular weight is 600 g/mol. The van der Waals surface area contributed by atoms with Crippen LogP contribution in [0.25, 0.3) is 0 Å². The summed E-state index contributed by atoms with van der Waals surface area (Å²) in [6.07, 6.45) is -2.49. The minimum absolute atomic E-state index is 0.0526. The molecule has 0 bridgehead atoms. The van der Waals surface area contributed by atoms with E-state index >= 15 is 0 Å². The van der Waals surface area contributed by atoms with Gasteiger partial charge in [-0.05, 0) is 29.2 Å². The molecule has 0 aliphatic carbocycles. The van der Waals surface area contributed by atoms with Crippen molar-refractivity contribution in [1.82, 2.24) is 0 Å². The Kier molecular flexibility index (Phi) is 7.43. The van der Waals surface area contributed by atoms with Crippen LogP contribution < -0.4 is 4.74 Å². The predicted molar refractivity (Wildman–Crippen MR) is 129 cm³/mol. The van der Waals surface area contributed by atoms with Crippen LogP contribution in [0.15, 0.2) is 36.4 Å². The van der Waals surface area contributed by atoms with E-state index in [0.717, 1.165) is 30.3 Å². The standard InChI is InChI=1S/C22H18O11.CH3I/c23-10-5-12(24)11-7-18(33-22(31)9-3-15(27)20(30)16(28)4-9)21(32-17(11)6-10)8-1-13(25)19(29)14(26)2-8;1-2/h1-6,18,21,23-30H,7H2;1H3/t18-,21-;/m1./s1.